The van der Waals surface area contributed by atoms with Crippen molar-refractivity contribution in [1.82, 2.24) is 25.1 Å². The van der Waals surface area contributed by atoms with Gasteiger partial charge in [-0.25, -0.2) is 14.4 Å². The fourth-order valence-electron chi connectivity index (χ4n) is 7.01. The number of halogens is 1. The van der Waals surface area contributed by atoms with E-state index in [0.29, 0.717) is 18.9 Å². The van der Waals surface area contributed by atoms with Crippen molar-refractivity contribution in [2.75, 3.05) is 32.6 Å². The summed E-state index contributed by atoms with van der Waals surface area (Å²) in [4.78, 5) is 14.7. The molecule has 3 aliphatic rings. The lowest BCUT2D eigenvalue weighted by Crippen LogP contribution is -2.50. The van der Waals surface area contributed by atoms with Gasteiger partial charge in [-0.15, -0.1) is 0 Å². The van der Waals surface area contributed by atoms with Crippen LogP contribution in [0.15, 0.2) is 90.3 Å². The molecule has 0 spiro atoms. The summed E-state index contributed by atoms with van der Waals surface area (Å²) >= 11 is 0. The van der Waals surface area contributed by atoms with Crippen LogP contribution in [0.4, 0.5) is 10.3 Å². The SMILES string of the molecule is CCCN(Cc1cccc(OC)c1)CC1CCC2(C)NC(C3=CCC(C)(F)C=C3)=C(c3ccnc(NCc4ccc(OC)cc4)n3)N12. The van der Waals surface area contributed by atoms with E-state index in [1.807, 2.05) is 54.7 Å². The summed E-state index contributed by atoms with van der Waals surface area (Å²) in [5.74, 6) is 2.26. The Labute approximate surface area is 278 Å². The first-order chi connectivity index (χ1) is 22.7. The molecule has 1 fully saturated rings. The number of anilines is 1. The second-order valence-corrected chi connectivity index (χ2v) is 13.2. The molecule has 9 heteroatoms. The quantitative estimate of drug-likeness (QED) is 0.206. The van der Waals surface area contributed by atoms with Crippen LogP contribution in [0, 0.1) is 0 Å². The van der Waals surface area contributed by atoms with Crippen molar-refractivity contribution < 1.29 is 13.9 Å². The Morgan fingerprint density at radius 3 is 2.60 bits per heavy atom. The van der Waals surface area contributed by atoms with E-state index in [0.717, 1.165) is 78.6 Å². The Hall–Kier alpha value is -4.37. The molecule has 3 atom stereocenters. The Kier molecular flexibility index (Phi) is 9.55. The molecule has 1 aliphatic carbocycles. The standard InChI is InChI=1S/C38H47FN6O2/c1-6-22-44(25-28-8-7-9-32(23-28)47-5)26-30-16-20-38(3)43-34(29-14-18-37(2,39)19-15-29)35(45(30)38)33-17-21-40-36(42-33)41-24-27-10-12-31(46-4)13-11-27/h7-15,17-18,21,23,30,43H,6,16,19-20,22,24-26H2,1-5H3,(H,40,41,42). The van der Waals surface area contributed by atoms with Crippen LogP contribution in [0.3, 0.4) is 0 Å². The van der Waals surface area contributed by atoms with Gasteiger partial charge in [0.15, 0.2) is 0 Å². The van der Waals surface area contributed by atoms with E-state index in [9.17, 15) is 4.39 Å². The highest BCUT2D eigenvalue weighted by Crippen LogP contribution is 2.47. The number of rotatable bonds is 13. The van der Waals surface area contributed by atoms with Crippen molar-refractivity contribution >= 4 is 11.6 Å². The number of aromatic nitrogens is 2. The summed E-state index contributed by atoms with van der Waals surface area (Å²) in [7, 11) is 3.38. The van der Waals surface area contributed by atoms with E-state index in [-0.39, 0.29) is 11.7 Å². The Morgan fingerprint density at radius 2 is 1.87 bits per heavy atom. The minimum atomic E-state index is -1.35. The molecule has 0 saturated carbocycles. The van der Waals surface area contributed by atoms with E-state index < -0.39 is 5.67 Å². The summed E-state index contributed by atoms with van der Waals surface area (Å²) in [6.45, 7) is 9.47. The largest absolute Gasteiger partial charge is 0.497 e. The average Bonchev–Trinajstić information content (AvgIpc) is 3.56. The molecule has 248 valence electrons. The first-order valence-electron chi connectivity index (χ1n) is 16.7. The Balaban J connectivity index is 1.32. The number of methoxy groups -OCH3 is 2. The second kappa shape index (κ2) is 13.8. The molecule has 47 heavy (non-hydrogen) atoms. The summed E-state index contributed by atoms with van der Waals surface area (Å²) in [5.41, 5.74) is 4.58. The van der Waals surface area contributed by atoms with Crippen molar-refractivity contribution in [3.8, 4) is 11.5 Å². The summed E-state index contributed by atoms with van der Waals surface area (Å²) in [6.07, 6.45) is 10.9. The third-order valence-corrected chi connectivity index (χ3v) is 9.41. The van der Waals surface area contributed by atoms with Crippen LogP contribution >= 0.6 is 0 Å². The number of hydrogen-bond donors (Lipinski definition) is 2. The third-order valence-electron chi connectivity index (χ3n) is 9.41. The number of nitrogens with zero attached hydrogens (tertiary/aromatic N) is 4. The van der Waals surface area contributed by atoms with Crippen molar-refractivity contribution in [3.63, 3.8) is 0 Å². The summed E-state index contributed by atoms with van der Waals surface area (Å²) in [5, 5.41) is 7.31. The van der Waals surface area contributed by atoms with Crippen molar-refractivity contribution in [1.29, 1.82) is 0 Å². The maximum Gasteiger partial charge on any atom is 0.223 e. The highest BCUT2D eigenvalue weighted by atomic mass is 19.1. The molecule has 1 aromatic heterocycles. The molecule has 8 nitrogen and oxygen atoms in total. The van der Waals surface area contributed by atoms with Crippen LogP contribution in [0.25, 0.3) is 5.70 Å². The number of benzene rings is 2. The van der Waals surface area contributed by atoms with Gasteiger partial charge in [0, 0.05) is 38.3 Å². The number of fused-ring (bicyclic) bond motifs is 1. The smallest absolute Gasteiger partial charge is 0.223 e. The van der Waals surface area contributed by atoms with Gasteiger partial charge in [-0.2, -0.15) is 0 Å². The van der Waals surface area contributed by atoms with E-state index in [2.05, 4.69) is 57.5 Å². The summed E-state index contributed by atoms with van der Waals surface area (Å²) < 4.78 is 25.7. The Morgan fingerprint density at radius 1 is 1.06 bits per heavy atom. The maximum absolute atomic E-state index is 14.9. The lowest BCUT2D eigenvalue weighted by molar-refractivity contribution is 0.147. The first kappa shape index (κ1) is 32.6. The van der Waals surface area contributed by atoms with Gasteiger partial charge in [0.25, 0.3) is 0 Å². The molecule has 0 amide bonds. The molecule has 0 bridgehead atoms. The molecule has 2 aliphatic heterocycles. The Bertz CT molecular complexity index is 1650. The number of ether oxygens (including phenoxy) is 2. The topological polar surface area (TPSA) is 74.8 Å². The minimum absolute atomic E-state index is 0.252. The van der Waals surface area contributed by atoms with Gasteiger partial charge in [-0.1, -0.05) is 43.3 Å². The van der Waals surface area contributed by atoms with Crippen LogP contribution in [-0.2, 0) is 13.1 Å². The fraction of sp³-hybridized carbons (Fsp3) is 0.421. The van der Waals surface area contributed by atoms with Gasteiger partial charge in [0.1, 0.15) is 22.8 Å². The number of alkyl halides is 1. The molecule has 0 radical (unpaired) electrons. The lowest BCUT2D eigenvalue weighted by atomic mass is 9.93. The zero-order valence-electron chi connectivity index (χ0n) is 28.2. The van der Waals surface area contributed by atoms with E-state index in [1.54, 1.807) is 27.2 Å². The van der Waals surface area contributed by atoms with E-state index >= 15 is 0 Å². The van der Waals surface area contributed by atoms with Crippen LogP contribution in [0.2, 0.25) is 0 Å². The first-order valence-corrected chi connectivity index (χ1v) is 16.7. The van der Waals surface area contributed by atoms with Gasteiger partial charge < -0.3 is 25.0 Å². The monoisotopic (exact) mass is 638 g/mol. The highest BCUT2D eigenvalue weighted by Gasteiger charge is 2.51. The zero-order valence-corrected chi connectivity index (χ0v) is 28.2. The molecule has 3 aromatic rings. The maximum atomic E-state index is 14.9. The normalized spacial score (nSPS) is 23.5. The van der Waals surface area contributed by atoms with E-state index in [1.165, 1.54) is 5.56 Å². The molecule has 2 aromatic carbocycles. The average molecular weight is 639 g/mol. The van der Waals surface area contributed by atoms with Gasteiger partial charge in [-0.3, -0.25) is 4.90 Å². The lowest BCUT2D eigenvalue weighted by Gasteiger charge is -2.38. The molecule has 6 rings (SSSR count). The van der Waals surface area contributed by atoms with Crippen molar-refractivity contribution in [3.05, 3.63) is 107 Å². The van der Waals surface area contributed by atoms with Gasteiger partial charge in [0.2, 0.25) is 5.95 Å². The van der Waals surface area contributed by atoms with Crippen LogP contribution in [0.5, 0.6) is 11.5 Å². The molecule has 3 unspecified atom stereocenters. The molecular weight excluding hydrogens is 591 g/mol. The van der Waals surface area contributed by atoms with Crippen molar-refractivity contribution in [2.24, 2.45) is 0 Å². The summed E-state index contributed by atoms with van der Waals surface area (Å²) in [6, 6.07) is 18.6. The van der Waals surface area contributed by atoms with Crippen LogP contribution in [-0.4, -0.2) is 64.5 Å². The van der Waals surface area contributed by atoms with Crippen LogP contribution < -0.4 is 20.1 Å². The molecule has 3 heterocycles. The number of nitrogens with one attached hydrogen (secondary N) is 2. The number of allylic oxidation sites excluding steroid dienone is 3. The van der Waals surface area contributed by atoms with Crippen LogP contribution in [0.1, 0.15) is 63.3 Å². The van der Waals surface area contributed by atoms with Gasteiger partial charge in [-0.05, 0) is 92.8 Å². The van der Waals surface area contributed by atoms with Gasteiger partial charge >= 0.3 is 0 Å². The number of hydrogen-bond acceptors (Lipinski definition) is 8. The zero-order chi connectivity index (χ0) is 33.0. The van der Waals surface area contributed by atoms with Gasteiger partial charge in [0.05, 0.1) is 31.3 Å². The highest BCUT2D eigenvalue weighted by molar-refractivity contribution is 5.74. The molecule has 2 N–H and O–H groups in total. The third kappa shape index (κ3) is 7.30. The molecular formula is C38H47FN6O2. The second-order valence-electron chi connectivity index (χ2n) is 13.2. The predicted octanol–water partition coefficient (Wildman–Crippen LogP) is 7.09. The van der Waals surface area contributed by atoms with Crippen molar-refractivity contribution in [2.45, 2.75) is 76.9 Å². The predicted molar refractivity (Wildman–Crippen MR) is 186 cm³/mol. The fourth-order valence-corrected chi connectivity index (χ4v) is 7.01. The minimum Gasteiger partial charge on any atom is -0.497 e. The van der Waals surface area contributed by atoms with E-state index in [4.69, 9.17) is 14.5 Å². The molecule has 1 saturated heterocycles.